The van der Waals surface area contributed by atoms with E-state index in [0.29, 0.717) is 13.2 Å². The lowest BCUT2D eigenvalue weighted by molar-refractivity contribution is -0.140. The van der Waals surface area contributed by atoms with E-state index < -0.39 is 5.41 Å². The van der Waals surface area contributed by atoms with Gasteiger partial charge in [-0.1, -0.05) is 6.07 Å². The van der Waals surface area contributed by atoms with E-state index in [2.05, 4.69) is 15.9 Å². The fourth-order valence-corrected chi connectivity index (χ4v) is 2.38. The summed E-state index contributed by atoms with van der Waals surface area (Å²) in [7, 11) is 1.62. The Hall–Kier alpha value is -0.870. The molecule has 0 saturated carbocycles. The van der Waals surface area contributed by atoms with Gasteiger partial charge in [0.05, 0.1) is 24.8 Å². The van der Waals surface area contributed by atoms with Crippen LogP contribution in [0.15, 0.2) is 22.7 Å². The van der Waals surface area contributed by atoms with Crippen molar-refractivity contribution in [3.8, 4) is 5.75 Å². The first-order valence-corrected chi connectivity index (χ1v) is 5.82. The minimum atomic E-state index is -0.450. The van der Waals surface area contributed by atoms with Crippen LogP contribution in [-0.4, -0.2) is 26.1 Å². The Morgan fingerprint density at radius 2 is 2.19 bits per heavy atom. The molecular formula is C12H13BrO3. The normalized spacial score (nSPS) is 17.7. The van der Waals surface area contributed by atoms with Gasteiger partial charge in [-0.05, 0) is 40.5 Å². The molecule has 1 aliphatic rings. The van der Waals surface area contributed by atoms with Crippen LogP contribution in [0.4, 0.5) is 0 Å². The van der Waals surface area contributed by atoms with Gasteiger partial charge in [0.25, 0.3) is 0 Å². The zero-order valence-electron chi connectivity index (χ0n) is 9.25. The molecule has 0 unspecified atom stereocenters. The molecule has 1 aromatic carbocycles. The number of benzene rings is 1. The number of ketones is 1. The van der Waals surface area contributed by atoms with Crippen molar-refractivity contribution < 1.29 is 14.3 Å². The lowest BCUT2D eigenvalue weighted by Crippen LogP contribution is -2.52. The van der Waals surface area contributed by atoms with Gasteiger partial charge in [0, 0.05) is 0 Å². The van der Waals surface area contributed by atoms with Crippen molar-refractivity contribution in [2.75, 3.05) is 20.3 Å². The Labute approximate surface area is 103 Å². The standard InChI is InChI=1S/C12H13BrO3/c1-8(14)12(6-16-7-12)9-3-4-11(15-2)10(13)5-9/h3-5H,6-7H2,1-2H3. The predicted molar refractivity (Wildman–Crippen MR) is 63.9 cm³/mol. The molecular weight excluding hydrogens is 272 g/mol. The van der Waals surface area contributed by atoms with E-state index in [0.717, 1.165) is 15.8 Å². The molecule has 0 radical (unpaired) electrons. The van der Waals surface area contributed by atoms with Crippen LogP contribution in [0.3, 0.4) is 0 Å². The topological polar surface area (TPSA) is 35.5 Å². The lowest BCUT2D eigenvalue weighted by atomic mass is 9.75. The first kappa shape index (κ1) is 11.6. The van der Waals surface area contributed by atoms with E-state index in [-0.39, 0.29) is 5.78 Å². The summed E-state index contributed by atoms with van der Waals surface area (Å²) in [5, 5.41) is 0. The van der Waals surface area contributed by atoms with Gasteiger partial charge < -0.3 is 9.47 Å². The van der Waals surface area contributed by atoms with Crippen molar-refractivity contribution in [1.82, 2.24) is 0 Å². The molecule has 4 heteroatoms. The maximum absolute atomic E-state index is 11.7. The molecule has 0 bridgehead atoms. The quantitative estimate of drug-likeness (QED) is 0.855. The van der Waals surface area contributed by atoms with E-state index >= 15 is 0 Å². The summed E-state index contributed by atoms with van der Waals surface area (Å²) in [5.74, 6) is 0.915. The molecule has 86 valence electrons. The Morgan fingerprint density at radius 1 is 1.50 bits per heavy atom. The molecule has 0 aliphatic carbocycles. The molecule has 16 heavy (non-hydrogen) atoms. The molecule has 1 aliphatic heterocycles. The lowest BCUT2D eigenvalue weighted by Gasteiger charge is -2.39. The van der Waals surface area contributed by atoms with E-state index in [1.807, 2.05) is 18.2 Å². The number of carbonyl (C=O) groups excluding carboxylic acids is 1. The fourth-order valence-electron chi connectivity index (χ4n) is 1.84. The average Bonchev–Trinajstić information content (AvgIpc) is 2.15. The van der Waals surface area contributed by atoms with Gasteiger partial charge in [-0.25, -0.2) is 0 Å². The second-order valence-electron chi connectivity index (χ2n) is 3.98. The second kappa shape index (κ2) is 4.18. The summed E-state index contributed by atoms with van der Waals surface area (Å²) in [4.78, 5) is 11.7. The van der Waals surface area contributed by atoms with Gasteiger partial charge >= 0.3 is 0 Å². The van der Waals surface area contributed by atoms with Gasteiger partial charge in [-0.15, -0.1) is 0 Å². The minimum absolute atomic E-state index is 0.149. The number of rotatable bonds is 3. The molecule has 1 saturated heterocycles. The van der Waals surface area contributed by atoms with E-state index in [1.54, 1.807) is 14.0 Å². The minimum Gasteiger partial charge on any atom is -0.496 e. The van der Waals surface area contributed by atoms with Crippen LogP contribution in [0.5, 0.6) is 5.75 Å². The number of hydrogen-bond donors (Lipinski definition) is 0. The molecule has 1 heterocycles. The van der Waals surface area contributed by atoms with Crippen molar-refractivity contribution in [2.45, 2.75) is 12.3 Å². The second-order valence-corrected chi connectivity index (χ2v) is 4.83. The van der Waals surface area contributed by atoms with Crippen LogP contribution < -0.4 is 4.74 Å². The molecule has 0 spiro atoms. The van der Waals surface area contributed by atoms with Gasteiger partial charge in [0.1, 0.15) is 16.9 Å². The number of carbonyl (C=O) groups is 1. The Morgan fingerprint density at radius 3 is 2.56 bits per heavy atom. The van der Waals surface area contributed by atoms with Gasteiger partial charge in [0.2, 0.25) is 0 Å². The summed E-state index contributed by atoms with van der Waals surface area (Å²) >= 11 is 3.43. The summed E-state index contributed by atoms with van der Waals surface area (Å²) in [6, 6.07) is 5.72. The Kier molecular flexibility index (Phi) is 3.04. The molecule has 2 rings (SSSR count). The van der Waals surface area contributed by atoms with E-state index in [4.69, 9.17) is 9.47 Å². The number of methoxy groups -OCH3 is 1. The Bertz CT molecular complexity index is 424. The Balaban J connectivity index is 2.40. The van der Waals surface area contributed by atoms with Crippen LogP contribution in [0.25, 0.3) is 0 Å². The third kappa shape index (κ3) is 1.66. The molecule has 3 nitrogen and oxygen atoms in total. The van der Waals surface area contributed by atoms with Crippen molar-refractivity contribution in [3.63, 3.8) is 0 Å². The van der Waals surface area contributed by atoms with Gasteiger partial charge in [-0.3, -0.25) is 4.79 Å². The highest BCUT2D eigenvalue weighted by Gasteiger charge is 2.45. The van der Waals surface area contributed by atoms with Crippen LogP contribution in [0.2, 0.25) is 0 Å². The summed E-state index contributed by atoms with van der Waals surface area (Å²) in [5.41, 5.74) is 0.536. The van der Waals surface area contributed by atoms with Gasteiger partial charge in [0.15, 0.2) is 0 Å². The third-order valence-corrected chi connectivity index (χ3v) is 3.69. The molecule has 0 atom stereocenters. The van der Waals surface area contributed by atoms with Crippen molar-refractivity contribution in [2.24, 2.45) is 0 Å². The van der Waals surface area contributed by atoms with Crippen molar-refractivity contribution in [3.05, 3.63) is 28.2 Å². The number of Topliss-reactive ketones (excluding diaryl/α,β-unsaturated/α-hetero) is 1. The first-order chi connectivity index (χ1) is 7.60. The predicted octanol–water partition coefficient (Wildman–Crippen LogP) is 2.31. The van der Waals surface area contributed by atoms with Crippen LogP contribution >= 0.6 is 15.9 Å². The largest absolute Gasteiger partial charge is 0.496 e. The molecule has 1 aromatic rings. The molecule has 0 amide bonds. The maximum Gasteiger partial charge on any atom is 0.145 e. The summed E-state index contributed by atoms with van der Waals surface area (Å²) < 4.78 is 11.2. The number of halogens is 1. The highest BCUT2D eigenvalue weighted by Crippen LogP contribution is 2.37. The molecule has 0 N–H and O–H groups in total. The van der Waals surface area contributed by atoms with Crippen molar-refractivity contribution >= 4 is 21.7 Å². The average molecular weight is 285 g/mol. The smallest absolute Gasteiger partial charge is 0.145 e. The summed E-state index contributed by atoms with van der Waals surface area (Å²) in [6.07, 6.45) is 0. The number of ether oxygens (including phenoxy) is 2. The van der Waals surface area contributed by atoms with Gasteiger partial charge in [-0.2, -0.15) is 0 Å². The fraction of sp³-hybridized carbons (Fsp3) is 0.417. The van der Waals surface area contributed by atoms with E-state index in [9.17, 15) is 4.79 Å². The highest BCUT2D eigenvalue weighted by atomic mass is 79.9. The molecule has 0 aromatic heterocycles. The highest BCUT2D eigenvalue weighted by molar-refractivity contribution is 9.10. The number of hydrogen-bond acceptors (Lipinski definition) is 3. The van der Waals surface area contributed by atoms with Crippen LogP contribution in [-0.2, 0) is 14.9 Å². The SMILES string of the molecule is COc1ccc(C2(C(C)=O)COC2)cc1Br. The van der Waals surface area contributed by atoms with Crippen molar-refractivity contribution in [1.29, 1.82) is 0 Å². The first-order valence-electron chi connectivity index (χ1n) is 5.03. The zero-order chi connectivity index (χ0) is 11.8. The van der Waals surface area contributed by atoms with E-state index in [1.165, 1.54) is 0 Å². The monoisotopic (exact) mass is 284 g/mol. The zero-order valence-corrected chi connectivity index (χ0v) is 10.8. The third-order valence-electron chi connectivity index (χ3n) is 3.08. The maximum atomic E-state index is 11.7. The summed E-state index contributed by atoms with van der Waals surface area (Å²) in [6.45, 7) is 2.56. The molecule has 1 fully saturated rings. The van der Waals surface area contributed by atoms with Crippen LogP contribution in [0, 0.1) is 0 Å². The van der Waals surface area contributed by atoms with Crippen LogP contribution in [0.1, 0.15) is 12.5 Å².